The molecule has 2 saturated heterocycles. The third kappa shape index (κ3) is 8.88. The molecule has 0 aliphatic carbocycles. The maximum absolute atomic E-state index is 10.6. The van der Waals surface area contributed by atoms with Crippen LogP contribution in [0.5, 0.6) is 5.75 Å². The number of rotatable bonds is 4. The van der Waals surface area contributed by atoms with Gasteiger partial charge in [0.15, 0.2) is 6.10 Å². The summed E-state index contributed by atoms with van der Waals surface area (Å²) in [6, 6.07) is 5.98. The molecule has 0 saturated carbocycles. The van der Waals surface area contributed by atoms with Gasteiger partial charge in [0, 0.05) is 13.5 Å². The molecule has 2 aliphatic heterocycles. The van der Waals surface area contributed by atoms with Crippen LogP contribution in [-0.4, -0.2) is 53.7 Å². The van der Waals surface area contributed by atoms with Crippen molar-refractivity contribution in [2.45, 2.75) is 59.4 Å². The van der Waals surface area contributed by atoms with Crippen molar-refractivity contribution in [3.8, 4) is 5.75 Å². The highest BCUT2D eigenvalue weighted by molar-refractivity contribution is 5.91. The number of esters is 1. The van der Waals surface area contributed by atoms with Crippen molar-refractivity contribution < 1.29 is 38.8 Å². The fourth-order valence-electron chi connectivity index (χ4n) is 2.52. The molecule has 10 heteroatoms. The summed E-state index contributed by atoms with van der Waals surface area (Å²) in [6.07, 6.45) is 0.0280. The molecule has 0 aromatic heterocycles. The average molecular weight is 415 g/mol. The maximum atomic E-state index is 10.6. The number of benzene rings is 1. The Morgan fingerprint density at radius 1 is 1.17 bits per heavy atom. The molecule has 10 nitrogen and oxygen atoms in total. The van der Waals surface area contributed by atoms with Crippen molar-refractivity contribution in [1.29, 1.82) is 0 Å². The molecule has 3 atom stereocenters. The highest BCUT2D eigenvalue weighted by atomic mass is 17.0. The molecule has 1 unspecified atom stereocenters. The van der Waals surface area contributed by atoms with Gasteiger partial charge in [0.1, 0.15) is 17.4 Å². The predicted molar refractivity (Wildman–Crippen MR) is 103 cm³/mol. The van der Waals surface area contributed by atoms with E-state index in [0.29, 0.717) is 6.61 Å². The molecule has 2 fully saturated rings. The molecule has 0 radical (unpaired) electrons. The molecule has 2 heterocycles. The summed E-state index contributed by atoms with van der Waals surface area (Å²) in [5, 5.41) is 17.9. The van der Waals surface area contributed by atoms with E-state index in [0.717, 1.165) is 6.42 Å². The molecule has 1 N–H and O–H groups in total. The van der Waals surface area contributed by atoms with Gasteiger partial charge in [-0.15, -0.1) is 10.1 Å². The Bertz CT molecular complexity index is 650. The van der Waals surface area contributed by atoms with E-state index < -0.39 is 23.1 Å². The normalized spacial score (nSPS) is 20.9. The quantitative estimate of drug-likeness (QED) is 0.340. The first-order chi connectivity index (χ1) is 13.9. The van der Waals surface area contributed by atoms with Gasteiger partial charge < -0.3 is 24.2 Å². The largest absolute Gasteiger partial charge is 0.478 e. The lowest BCUT2D eigenvalue weighted by Gasteiger charge is -2.12. The zero-order valence-corrected chi connectivity index (χ0v) is 17.3. The lowest BCUT2D eigenvalue weighted by molar-refractivity contribution is -0.769. The Labute approximate surface area is 169 Å². The second kappa shape index (κ2) is 14.3. The summed E-state index contributed by atoms with van der Waals surface area (Å²) in [6.45, 7) is 10.1. The fourth-order valence-corrected chi connectivity index (χ4v) is 2.52. The van der Waals surface area contributed by atoms with Crippen molar-refractivity contribution >= 4 is 11.9 Å². The van der Waals surface area contributed by atoms with Crippen molar-refractivity contribution in [1.82, 2.24) is 0 Å². The minimum Gasteiger partial charge on any atom is -0.478 e. The molecule has 3 rings (SSSR count). The van der Waals surface area contributed by atoms with Gasteiger partial charge in [0.25, 0.3) is 5.09 Å². The van der Waals surface area contributed by atoms with Gasteiger partial charge in [-0.1, -0.05) is 39.8 Å². The Hall–Kier alpha value is -2.72. The number of carbonyl (C=O) groups excluding carboxylic acids is 1. The molecule has 0 bridgehead atoms. The summed E-state index contributed by atoms with van der Waals surface area (Å²) in [5.41, 5.74) is -0.0160. The van der Waals surface area contributed by atoms with Gasteiger partial charge in [-0.05, 0) is 18.6 Å². The molecular weight excluding hydrogens is 386 g/mol. The monoisotopic (exact) mass is 415 g/mol. The van der Waals surface area contributed by atoms with Crippen LogP contribution in [0.25, 0.3) is 0 Å². The van der Waals surface area contributed by atoms with Crippen LogP contribution in [0.2, 0.25) is 0 Å². The third-order valence-electron chi connectivity index (χ3n) is 3.51. The number of carboxylic acid groups (broad SMARTS) is 1. The van der Waals surface area contributed by atoms with E-state index in [1.54, 1.807) is 12.1 Å². The maximum Gasteiger partial charge on any atom is 0.339 e. The molecule has 2 aliphatic rings. The molecule has 1 aromatic carbocycles. The lowest BCUT2D eigenvalue weighted by Crippen LogP contribution is -2.31. The van der Waals surface area contributed by atoms with Crippen molar-refractivity contribution in [3.63, 3.8) is 0 Å². The summed E-state index contributed by atoms with van der Waals surface area (Å²) >= 11 is 0. The third-order valence-corrected chi connectivity index (χ3v) is 3.51. The van der Waals surface area contributed by atoms with Crippen LogP contribution in [0.3, 0.4) is 0 Å². The number of carbonyl (C=O) groups is 2. The van der Waals surface area contributed by atoms with E-state index in [2.05, 4.69) is 9.57 Å². The zero-order valence-electron chi connectivity index (χ0n) is 17.3. The average Bonchev–Trinajstić information content (AvgIpc) is 3.30. The van der Waals surface area contributed by atoms with E-state index in [1.807, 2.05) is 27.7 Å². The molecular formula is C19H29NO9. The molecule has 0 spiro atoms. The first-order valence-corrected chi connectivity index (χ1v) is 9.43. The topological polar surface area (TPSA) is 134 Å². The number of aromatic carboxylic acids is 1. The summed E-state index contributed by atoms with van der Waals surface area (Å²) in [4.78, 5) is 35.6. The van der Waals surface area contributed by atoms with Gasteiger partial charge >= 0.3 is 11.9 Å². The highest BCUT2D eigenvalue weighted by Gasteiger charge is 2.43. The summed E-state index contributed by atoms with van der Waals surface area (Å²) < 4.78 is 15.2. The molecule has 1 aromatic rings. The van der Waals surface area contributed by atoms with E-state index in [-0.39, 0.29) is 30.1 Å². The SMILES string of the molecule is CC.CC.CC(=O)Oc1ccccc1C(=O)O.O=[N+]([O-])OC1CO[C@@H]2CCO[C@H]12. The van der Waals surface area contributed by atoms with Crippen LogP contribution >= 0.6 is 0 Å². The Morgan fingerprint density at radius 2 is 1.79 bits per heavy atom. The standard InChI is InChI=1S/C9H8O4.C6H9NO5.2C2H6/c1-6(10)13-8-5-3-2-4-7(8)9(11)12;8-7(9)12-5-3-11-4-1-2-10-6(4)5;2*1-2/h2-5H,1H3,(H,11,12);4-6H,1-3H2;2*1-2H3/t;4-,5?,6+;;/m.1../s1. The van der Waals surface area contributed by atoms with Gasteiger partial charge in [-0.25, -0.2) is 4.79 Å². The number of ether oxygens (including phenoxy) is 3. The summed E-state index contributed by atoms with van der Waals surface area (Å²) in [5.74, 6) is -1.58. The Balaban J connectivity index is 0.000000462. The van der Waals surface area contributed by atoms with Crippen LogP contribution in [-0.2, 0) is 19.1 Å². The van der Waals surface area contributed by atoms with Crippen LogP contribution in [0.1, 0.15) is 51.4 Å². The second-order valence-electron chi connectivity index (χ2n) is 5.26. The number of carboxylic acids is 1. The van der Waals surface area contributed by atoms with E-state index >= 15 is 0 Å². The number of para-hydroxylation sites is 1. The second-order valence-corrected chi connectivity index (χ2v) is 5.26. The van der Waals surface area contributed by atoms with E-state index in [1.165, 1.54) is 19.1 Å². The van der Waals surface area contributed by atoms with Crippen molar-refractivity contribution in [2.24, 2.45) is 0 Å². The number of hydrogen-bond acceptors (Lipinski definition) is 8. The first-order valence-electron chi connectivity index (χ1n) is 9.43. The Morgan fingerprint density at radius 3 is 2.34 bits per heavy atom. The van der Waals surface area contributed by atoms with E-state index in [9.17, 15) is 19.7 Å². The minimum absolute atomic E-state index is 0.00468. The smallest absolute Gasteiger partial charge is 0.339 e. The minimum atomic E-state index is -1.11. The van der Waals surface area contributed by atoms with Crippen LogP contribution in [0.15, 0.2) is 24.3 Å². The first kappa shape index (κ1) is 26.3. The fraction of sp³-hybridized carbons (Fsp3) is 0.579. The molecule has 164 valence electrons. The van der Waals surface area contributed by atoms with E-state index in [4.69, 9.17) is 14.6 Å². The van der Waals surface area contributed by atoms with Gasteiger partial charge in [0.05, 0.1) is 12.7 Å². The highest BCUT2D eigenvalue weighted by Crippen LogP contribution is 2.28. The summed E-state index contributed by atoms with van der Waals surface area (Å²) in [7, 11) is 0. The van der Waals surface area contributed by atoms with Gasteiger partial charge in [-0.2, -0.15) is 0 Å². The van der Waals surface area contributed by atoms with Gasteiger partial charge in [-0.3, -0.25) is 4.79 Å². The zero-order chi connectivity index (χ0) is 22.4. The number of fused-ring (bicyclic) bond motifs is 1. The molecule has 29 heavy (non-hydrogen) atoms. The van der Waals surface area contributed by atoms with Crippen molar-refractivity contribution in [2.75, 3.05) is 13.2 Å². The van der Waals surface area contributed by atoms with Crippen LogP contribution < -0.4 is 4.74 Å². The van der Waals surface area contributed by atoms with Crippen molar-refractivity contribution in [3.05, 3.63) is 39.9 Å². The predicted octanol–water partition coefficient (Wildman–Crippen LogP) is 3.11. The van der Waals surface area contributed by atoms with Crippen LogP contribution in [0.4, 0.5) is 0 Å². The number of nitrogens with zero attached hydrogens (tertiary/aromatic N) is 1. The van der Waals surface area contributed by atoms with Crippen LogP contribution in [0, 0.1) is 10.1 Å². The lowest BCUT2D eigenvalue weighted by atomic mass is 10.1. The molecule has 0 amide bonds. The van der Waals surface area contributed by atoms with Gasteiger partial charge in [0.2, 0.25) is 0 Å². The Kier molecular flexibility index (Phi) is 13.0. The number of hydrogen-bond donors (Lipinski definition) is 1.